The van der Waals surface area contributed by atoms with Crippen LogP contribution in [0, 0.1) is 23.0 Å². The number of ketones is 1. The molecular weight excluding hydrogens is 510 g/mol. The Labute approximate surface area is 212 Å². The molecule has 2 aliphatic rings. The minimum atomic E-state index is -3.11. The second-order valence-electron chi connectivity index (χ2n) is 9.45. The van der Waals surface area contributed by atoms with E-state index in [0.29, 0.717) is 12.8 Å². The van der Waals surface area contributed by atoms with Crippen LogP contribution in [-0.4, -0.2) is 43.5 Å². The summed E-state index contributed by atoms with van der Waals surface area (Å²) in [6.07, 6.45) is 0.661. The van der Waals surface area contributed by atoms with Gasteiger partial charge in [-0.1, -0.05) is 0 Å². The molecule has 3 N–H and O–H groups in total. The number of carbonyl (C=O) groups excluding carboxylic acids is 3. The number of nitrogens with zero attached hydrogens (tertiary/aromatic N) is 4. The Morgan fingerprint density at radius 3 is 2.50 bits per heavy atom. The average Bonchev–Trinajstić information content (AvgIpc) is 3.43. The molecule has 0 spiro atoms. The normalized spacial score (nSPS) is 17.3. The number of aromatic amines is 1. The number of rotatable bonds is 7. The highest BCUT2D eigenvalue weighted by Gasteiger charge is 2.60. The summed E-state index contributed by atoms with van der Waals surface area (Å²) in [4.78, 5) is 39.2. The van der Waals surface area contributed by atoms with Gasteiger partial charge in [-0.15, -0.1) is 0 Å². The van der Waals surface area contributed by atoms with Gasteiger partial charge in [-0.2, -0.15) is 20.7 Å². The van der Waals surface area contributed by atoms with Gasteiger partial charge < -0.3 is 15.2 Å². The van der Waals surface area contributed by atoms with Gasteiger partial charge in [-0.3, -0.25) is 14.4 Å². The van der Waals surface area contributed by atoms with Crippen molar-refractivity contribution in [3.63, 3.8) is 0 Å². The maximum atomic E-state index is 15.7. The molecule has 2 fully saturated rings. The highest BCUT2D eigenvalue weighted by atomic mass is 19.3. The summed E-state index contributed by atoms with van der Waals surface area (Å²) in [6, 6.07) is 4.82. The summed E-state index contributed by atoms with van der Waals surface area (Å²) >= 11 is 0. The Kier molecular flexibility index (Phi) is 5.81. The summed E-state index contributed by atoms with van der Waals surface area (Å²) < 4.78 is 58.1. The molecule has 2 amide bonds. The molecular formula is C24H19F4N7O3. The number of hydrogen-bond donors (Lipinski definition) is 3. The zero-order valence-corrected chi connectivity index (χ0v) is 19.7. The van der Waals surface area contributed by atoms with E-state index in [-0.39, 0.29) is 28.6 Å². The van der Waals surface area contributed by atoms with E-state index in [4.69, 9.17) is 5.26 Å². The van der Waals surface area contributed by atoms with Gasteiger partial charge in [0.1, 0.15) is 23.3 Å². The molecule has 0 unspecified atom stereocenters. The van der Waals surface area contributed by atoms with Crippen molar-refractivity contribution in [2.45, 2.75) is 43.1 Å². The quantitative estimate of drug-likeness (QED) is 0.244. The Morgan fingerprint density at radius 2 is 1.92 bits per heavy atom. The van der Waals surface area contributed by atoms with Crippen LogP contribution in [0.4, 0.5) is 23.2 Å². The van der Waals surface area contributed by atoms with Gasteiger partial charge >= 0.3 is 0 Å². The van der Waals surface area contributed by atoms with E-state index in [1.165, 1.54) is 17.7 Å². The first kappa shape index (κ1) is 25.1. The van der Waals surface area contributed by atoms with Gasteiger partial charge in [-0.25, -0.2) is 17.6 Å². The number of alkyl halides is 2. The lowest BCUT2D eigenvalue weighted by Gasteiger charge is -2.46. The number of anilines is 1. The van der Waals surface area contributed by atoms with Crippen LogP contribution in [0.5, 0.6) is 0 Å². The van der Waals surface area contributed by atoms with E-state index in [2.05, 4.69) is 26.0 Å². The topological polar surface area (TPSA) is 146 Å². The van der Waals surface area contributed by atoms with Crippen LogP contribution in [0.1, 0.15) is 69.4 Å². The molecule has 0 saturated heterocycles. The van der Waals surface area contributed by atoms with Gasteiger partial charge in [0.15, 0.2) is 5.82 Å². The fourth-order valence-corrected chi connectivity index (χ4v) is 4.83. The van der Waals surface area contributed by atoms with E-state index in [0.717, 1.165) is 18.3 Å². The fourth-order valence-electron chi connectivity index (χ4n) is 4.83. The predicted octanol–water partition coefficient (Wildman–Crippen LogP) is 3.05. The van der Waals surface area contributed by atoms with Gasteiger partial charge in [0.2, 0.25) is 0 Å². The van der Waals surface area contributed by atoms with Crippen molar-refractivity contribution in [1.82, 2.24) is 25.3 Å². The van der Waals surface area contributed by atoms with Crippen LogP contribution in [-0.2, 0) is 17.4 Å². The zero-order valence-electron chi connectivity index (χ0n) is 19.7. The lowest BCUT2D eigenvalue weighted by molar-refractivity contribution is -0.148. The first-order valence-corrected chi connectivity index (χ1v) is 11.5. The highest BCUT2D eigenvalue weighted by molar-refractivity contribution is 6.43. The summed E-state index contributed by atoms with van der Waals surface area (Å²) in [5, 5.41) is 23.3. The largest absolute Gasteiger partial charge is 0.340 e. The molecule has 0 atom stereocenters. The Bertz CT molecular complexity index is 1510. The summed E-state index contributed by atoms with van der Waals surface area (Å²) in [5.41, 5.74) is -3.08. The van der Waals surface area contributed by atoms with Crippen LogP contribution in [0.2, 0.25) is 0 Å². The number of nitrogens with one attached hydrogen (secondary N) is 3. The van der Waals surface area contributed by atoms with Crippen molar-refractivity contribution in [3.05, 3.63) is 64.2 Å². The Balaban J connectivity index is 1.46. The molecule has 5 rings (SSSR count). The second kappa shape index (κ2) is 8.79. The molecule has 196 valence electrons. The number of hydrogen-bond acceptors (Lipinski definition) is 6. The number of benzene rings is 1. The second-order valence-corrected chi connectivity index (χ2v) is 9.45. The third kappa shape index (κ3) is 4.19. The van der Waals surface area contributed by atoms with Crippen LogP contribution in [0.3, 0.4) is 0 Å². The molecule has 14 heteroatoms. The van der Waals surface area contributed by atoms with Crippen LogP contribution < -0.4 is 10.6 Å². The maximum Gasteiger partial charge on any atom is 0.293 e. The van der Waals surface area contributed by atoms with Crippen LogP contribution in [0.25, 0.3) is 0 Å². The van der Waals surface area contributed by atoms with E-state index in [1.807, 2.05) is 0 Å². The van der Waals surface area contributed by atoms with Gasteiger partial charge in [0.05, 0.1) is 22.9 Å². The van der Waals surface area contributed by atoms with Gasteiger partial charge in [0.25, 0.3) is 23.5 Å². The molecule has 0 aliphatic heterocycles. The first-order valence-electron chi connectivity index (χ1n) is 11.5. The minimum Gasteiger partial charge on any atom is -0.340 e. The third-order valence-electron chi connectivity index (χ3n) is 6.72. The van der Waals surface area contributed by atoms with E-state index in [1.54, 1.807) is 6.07 Å². The lowest BCUT2D eigenvalue weighted by atomic mass is 9.71. The molecule has 10 nitrogen and oxygen atoms in total. The van der Waals surface area contributed by atoms with Crippen molar-refractivity contribution in [2.24, 2.45) is 7.05 Å². The molecule has 0 radical (unpaired) electrons. The number of carbonyl (C=O) groups is 3. The summed E-state index contributed by atoms with van der Waals surface area (Å²) in [6.45, 7) is 0. The average molecular weight is 529 g/mol. The third-order valence-corrected chi connectivity index (χ3v) is 6.72. The molecule has 2 aliphatic carbocycles. The van der Waals surface area contributed by atoms with Crippen LogP contribution >= 0.6 is 0 Å². The lowest BCUT2D eigenvalue weighted by Crippen LogP contribution is -2.61. The molecule has 2 aromatic heterocycles. The van der Waals surface area contributed by atoms with E-state index in [9.17, 15) is 27.6 Å². The van der Waals surface area contributed by atoms with Crippen molar-refractivity contribution >= 4 is 23.3 Å². The van der Waals surface area contributed by atoms with E-state index >= 15 is 4.39 Å². The smallest absolute Gasteiger partial charge is 0.293 e. The highest BCUT2D eigenvalue weighted by Crippen LogP contribution is 2.51. The molecule has 1 aromatic carbocycles. The Hall–Kier alpha value is -4.54. The maximum absolute atomic E-state index is 15.7. The molecule has 38 heavy (non-hydrogen) atoms. The summed E-state index contributed by atoms with van der Waals surface area (Å²) in [7, 11) is 1.36. The Morgan fingerprint density at radius 1 is 1.21 bits per heavy atom. The number of amides is 2. The first-order chi connectivity index (χ1) is 18.0. The number of nitriles is 1. The predicted molar refractivity (Wildman–Crippen MR) is 121 cm³/mol. The SMILES string of the molecule is Cn1c(C(=O)Nc2ccc(F)c(C#N)c2)c(F)c(C(=O)C(=O)NC2(c3cn[nH]n3)CC(F)(F)C2)c1C1CC1. The van der Waals surface area contributed by atoms with Crippen molar-refractivity contribution in [3.8, 4) is 6.07 Å². The number of Topliss-reactive ketones (excluding diaryl/α,β-unsaturated/α-hetero) is 1. The molecule has 3 aromatic rings. The van der Waals surface area contributed by atoms with Gasteiger partial charge in [0, 0.05) is 37.2 Å². The molecule has 0 bridgehead atoms. The molecule has 2 saturated carbocycles. The summed E-state index contributed by atoms with van der Waals surface area (Å²) in [5.74, 6) is -9.13. The minimum absolute atomic E-state index is 0.00312. The van der Waals surface area contributed by atoms with Crippen molar-refractivity contribution in [1.29, 1.82) is 5.26 Å². The van der Waals surface area contributed by atoms with Gasteiger partial charge in [-0.05, 0) is 31.0 Å². The van der Waals surface area contributed by atoms with Crippen molar-refractivity contribution in [2.75, 3.05) is 5.32 Å². The fraction of sp³-hybridized carbons (Fsp3) is 0.333. The number of halogens is 4. The standard InChI is InChI=1S/C24H19F4N7O3/c1-35-18(11-2-3-11)16(17(26)19(35)21(37)31-13-4-5-14(25)12(6-13)7-29)20(36)22(38)32-23(9-24(27,28)10-23)15-8-30-34-33-15/h4-6,8,11H,2-3,9-10H2,1H3,(H,31,37)(H,32,38)(H,30,33,34). The molecule has 2 heterocycles. The number of H-pyrrole nitrogens is 1. The van der Waals surface area contributed by atoms with Crippen LogP contribution in [0.15, 0.2) is 24.4 Å². The monoisotopic (exact) mass is 529 g/mol. The zero-order chi connectivity index (χ0) is 27.4. The number of aromatic nitrogens is 4. The van der Waals surface area contributed by atoms with Crippen molar-refractivity contribution < 1.29 is 31.9 Å². The van der Waals surface area contributed by atoms with E-state index < -0.39 is 64.8 Å².